The molecule has 106 valence electrons. The average Bonchev–Trinajstić information content (AvgIpc) is 2.53. The lowest BCUT2D eigenvalue weighted by molar-refractivity contribution is 0.414. The first-order chi connectivity index (χ1) is 10.3. The second-order valence-corrected chi connectivity index (χ2v) is 4.84. The van der Waals surface area contributed by atoms with Crippen LogP contribution < -0.4 is 15.8 Å². The quantitative estimate of drug-likeness (QED) is 0.718. The van der Waals surface area contributed by atoms with Crippen LogP contribution in [0.3, 0.4) is 0 Å². The van der Waals surface area contributed by atoms with E-state index in [0.717, 1.165) is 28.0 Å². The highest BCUT2D eigenvalue weighted by Crippen LogP contribution is 2.23. The van der Waals surface area contributed by atoms with Crippen LogP contribution in [0.2, 0.25) is 0 Å². The summed E-state index contributed by atoms with van der Waals surface area (Å²) in [5.41, 5.74) is 7.74. The van der Waals surface area contributed by atoms with E-state index in [0.29, 0.717) is 6.54 Å². The largest absolute Gasteiger partial charge is 0.497 e. The van der Waals surface area contributed by atoms with Crippen molar-refractivity contribution in [3.8, 4) is 5.75 Å². The molecule has 0 radical (unpaired) electrons. The molecule has 0 spiro atoms. The van der Waals surface area contributed by atoms with Crippen LogP contribution >= 0.6 is 0 Å². The Hall–Kier alpha value is -2.75. The lowest BCUT2D eigenvalue weighted by atomic mass is 10.1. The van der Waals surface area contributed by atoms with Crippen LogP contribution in [0.5, 0.6) is 5.75 Å². The summed E-state index contributed by atoms with van der Waals surface area (Å²) in [5, 5.41) is 5.52. The summed E-state index contributed by atoms with van der Waals surface area (Å²) in [4.78, 5) is 4.41. The fourth-order valence-electron chi connectivity index (χ4n) is 2.27. The molecule has 3 aromatic rings. The summed E-state index contributed by atoms with van der Waals surface area (Å²) in [7, 11) is 1.67. The molecule has 21 heavy (non-hydrogen) atoms. The van der Waals surface area contributed by atoms with Crippen molar-refractivity contribution in [3.63, 3.8) is 0 Å². The summed E-state index contributed by atoms with van der Waals surface area (Å²) < 4.78 is 5.16. The molecule has 1 aromatic heterocycles. The lowest BCUT2D eigenvalue weighted by Gasteiger charge is -2.09. The fraction of sp³-hybridized carbons (Fsp3) is 0.118. The van der Waals surface area contributed by atoms with Crippen molar-refractivity contribution in [2.24, 2.45) is 0 Å². The van der Waals surface area contributed by atoms with Gasteiger partial charge in [-0.25, -0.2) is 4.98 Å². The number of aromatic nitrogens is 1. The van der Waals surface area contributed by atoms with Gasteiger partial charge in [0, 0.05) is 23.8 Å². The zero-order valence-electron chi connectivity index (χ0n) is 11.8. The second kappa shape index (κ2) is 5.71. The van der Waals surface area contributed by atoms with E-state index in [9.17, 15) is 0 Å². The molecule has 0 aliphatic heterocycles. The van der Waals surface area contributed by atoms with Gasteiger partial charge in [-0.15, -0.1) is 0 Å². The molecule has 0 saturated carbocycles. The van der Waals surface area contributed by atoms with E-state index in [1.165, 1.54) is 5.56 Å². The molecule has 1 heterocycles. The van der Waals surface area contributed by atoms with Crippen LogP contribution in [0.25, 0.3) is 10.8 Å². The maximum Gasteiger partial charge on any atom is 0.134 e. The van der Waals surface area contributed by atoms with Crippen LogP contribution in [0.15, 0.2) is 54.7 Å². The number of rotatable bonds is 4. The zero-order chi connectivity index (χ0) is 14.7. The minimum absolute atomic E-state index is 0.709. The van der Waals surface area contributed by atoms with E-state index in [2.05, 4.69) is 10.3 Å². The Morgan fingerprint density at radius 2 is 1.90 bits per heavy atom. The first-order valence-corrected chi connectivity index (χ1v) is 6.77. The molecule has 4 nitrogen and oxygen atoms in total. The van der Waals surface area contributed by atoms with Crippen LogP contribution in [-0.2, 0) is 6.54 Å². The molecule has 0 fully saturated rings. The Morgan fingerprint density at radius 1 is 1.10 bits per heavy atom. The van der Waals surface area contributed by atoms with Crippen LogP contribution in [0.1, 0.15) is 5.56 Å². The highest BCUT2D eigenvalue weighted by atomic mass is 16.5. The van der Waals surface area contributed by atoms with Crippen LogP contribution in [0.4, 0.5) is 11.5 Å². The summed E-state index contributed by atoms with van der Waals surface area (Å²) in [6.07, 6.45) is 1.79. The smallest absolute Gasteiger partial charge is 0.134 e. The molecule has 4 heteroatoms. The predicted octanol–water partition coefficient (Wildman–Crippen LogP) is 3.44. The molecule has 0 atom stereocenters. The first kappa shape index (κ1) is 13.2. The van der Waals surface area contributed by atoms with Gasteiger partial charge in [0.2, 0.25) is 0 Å². The number of nitrogens with one attached hydrogen (secondary N) is 1. The Bertz CT molecular complexity index is 754. The Labute approximate surface area is 123 Å². The number of fused-ring (bicyclic) bond motifs is 1. The number of hydrogen-bond donors (Lipinski definition) is 2. The van der Waals surface area contributed by atoms with Gasteiger partial charge in [-0.2, -0.15) is 0 Å². The van der Waals surface area contributed by atoms with Gasteiger partial charge in [0.1, 0.15) is 11.6 Å². The molecular weight excluding hydrogens is 262 g/mol. The Morgan fingerprint density at radius 3 is 2.67 bits per heavy atom. The average molecular weight is 279 g/mol. The molecule has 2 aromatic carbocycles. The zero-order valence-corrected chi connectivity index (χ0v) is 11.8. The van der Waals surface area contributed by atoms with E-state index in [-0.39, 0.29) is 0 Å². The number of nitrogen functional groups attached to an aromatic ring is 1. The number of nitrogens with zero attached hydrogens (tertiary/aromatic N) is 1. The van der Waals surface area contributed by atoms with E-state index >= 15 is 0 Å². The molecule has 0 amide bonds. The van der Waals surface area contributed by atoms with Crippen LogP contribution in [0, 0.1) is 0 Å². The van der Waals surface area contributed by atoms with Crippen molar-refractivity contribution < 1.29 is 4.74 Å². The Kier molecular flexibility index (Phi) is 3.60. The van der Waals surface area contributed by atoms with E-state index < -0.39 is 0 Å². The molecule has 0 unspecified atom stereocenters. The Balaban J connectivity index is 1.81. The standard InChI is InChI=1S/C17H17N3O/c1-21-15-5-2-12(3-6-15)11-20-17-16-7-4-14(18)10-13(16)8-9-19-17/h2-10H,11,18H2,1H3,(H,19,20). The second-order valence-electron chi connectivity index (χ2n) is 4.84. The summed E-state index contributed by atoms with van der Waals surface area (Å²) in [6, 6.07) is 15.8. The molecule has 3 rings (SSSR count). The van der Waals surface area contributed by atoms with Gasteiger partial charge in [0.25, 0.3) is 0 Å². The van der Waals surface area contributed by atoms with Gasteiger partial charge in [-0.1, -0.05) is 12.1 Å². The number of anilines is 2. The van der Waals surface area contributed by atoms with Gasteiger partial charge in [-0.3, -0.25) is 0 Å². The number of nitrogens with two attached hydrogens (primary N) is 1. The molecule has 0 saturated heterocycles. The molecule has 0 aliphatic carbocycles. The minimum Gasteiger partial charge on any atom is -0.497 e. The van der Waals surface area contributed by atoms with Gasteiger partial charge in [0.15, 0.2) is 0 Å². The minimum atomic E-state index is 0.709. The fourth-order valence-corrected chi connectivity index (χ4v) is 2.27. The van der Waals surface area contributed by atoms with Gasteiger partial charge in [-0.05, 0) is 47.3 Å². The van der Waals surface area contributed by atoms with Crippen molar-refractivity contribution in [2.45, 2.75) is 6.54 Å². The van der Waals surface area contributed by atoms with Crippen molar-refractivity contribution in [2.75, 3.05) is 18.2 Å². The highest BCUT2D eigenvalue weighted by Gasteiger charge is 2.03. The van der Waals surface area contributed by atoms with Gasteiger partial charge < -0.3 is 15.8 Å². The summed E-state index contributed by atoms with van der Waals surface area (Å²) >= 11 is 0. The maximum absolute atomic E-state index is 5.81. The third kappa shape index (κ3) is 2.89. The molecule has 0 aliphatic rings. The number of methoxy groups -OCH3 is 1. The van der Waals surface area contributed by atoms with Crippen LogP contribution in [-0.4, -0.2) is 12.1 Å². The third-order valence-electron chi connectivity index (χ3n) is 3.41. The van der Waals surface area contributed by atoms with E-state index in [1.807, 2.05) is 48.5 Å². The third-order valence-corrected chi connectivity index (χ3v) is 3.41. The lowest BCUT2D eigenvalue weighted by Crippen LogP contribution is -2.02. The topological polar surface area (TPSA) is 60.2 Å². The maximum atomic E-state index is 5.81. The van der Waals surface area contributed by atoms with Crippen molar-refractivity contribution >= 4 is 22.3 Å². The first-order valence-electron chi connectivity index (χ1n) is 6.77. The van der Waals surface area contributed by atoms with Crippen molar-refractivity contribution in [3.05, 3.63) is 60.3 Å². The van der Waals surface area contributed by atoms with E-state index in [4.69, 9.17) is 10.5 Å². The van der Waals surface area contributed by atoms with E-state index in [1.54, 1.807) is 13.3 Å². The van der Waals surface area contributed by atoms with Gasteiger partial charge in [0.05, 0.1) is 7.11 Å². The predicted molar refractivity (Wildman–Crippen MR) is 86.5 cm³/mol. The monoisotopic (exact) mass is 279 g/mol. The molecular formula is C17H17N3O. The van der Waals surface area contributed by atoms with Gasteiger partial charge >= 0.3 is 0 Å². The summed E-state index contributed by atoms with van der Waals surface area (Å²) in [5.74, 6) is 1.72. The number of ether oxygens (including phenoxy) is 1. The normalized spacial score (nSPS) is 10.5. The molecule has 3 N–H and O–H groups in total. The number of hydrogen-bond acceptors (Lipinski definition) is 4. The van der Waals surface area contributed by atoms with Crippen molar-refractivity contribution in [1.82, 2.24) is 4.98 Å². The van der Waals surface area contributed by atoms with Crippen molar-refractivity contribution in [1.29, 1.82) is 0 Å². The molecule has 0 bridgehead atoms. The SMILES string of the molecule is COc1ccc(CNc2nccc3cc(N)ccc23)cc1. The summed E-state index contributed by atoms with van der Waals surface area (Å²) in [6.45, 7) is 0.709. The highest BCUT2D eigenvalue weighted by molar-refractivity contribution is 5.93. The number of benzene rings is 2. The number of pyridine rings is 1.